The maximum Gasteiger partial charge on any atom is 0.412 e. The molecule has 1 aromatic carbocycles. The third-order valence-corrected chi connectivity index (χ3v) is 4.98. The highest BCUT2D eigenvalue weighted by Gasteiger charge is 2.16. The number of imidazole rings is 1. The van der Waals surface area contributed by atoms with Crippen LogP contribution in [0.1, 0.15) is 10.4 Å². The minimum absolute atomic E-state index is 0.00508. The van der Waals surface area contributed by atoms with Gasteiger partial charge in [-0.2, -0.15) is 8.78 Å². The van der Waals surface area contributed by atoms with E-state index in [4.69, 9.17) is 0 Å². The predicted molar refractivity (Wildman–Crippen MR) is 120 cm³/mol. The second-order valence-electron chi connectivity index (χ2n) is 7.07. The molecule has 34 heavy (non-hydrogen) atoms. The Labute approximate surface area is 192 Å². The average molecular weight is 467 g/mol. The first-order valence-electron chi connectivity index (χ1n) is 9.97. The second-order valence-corrected chi connectivity index (χ2v) is 7.07. The van der Waals surface area contributed by atoms with Crippen LogP contribution in [0.5, 0.6) is 5.75 Å². The van der Waals surface area contributed by atoms with Gasteiger partial charge >= 0.3 is 12.7 Å². The van der Waals surface area contributed by atoms with Crippen LogP contribution in [-0.4, -0.2) is 47.1 Å². The van der Waals surface area contributed by atoms with Crippen LogP contribution in [0.2, 0.25) is 0 Å². The van der Waals surface area contributed by atoms with Gasteiger partial charge in [0.25, 0.3) is 5.91 Å². The van der Waals surface area contributed by atoms with Gasteiger partial charge in [0, 0.05) is 30.7 Å². The van der Waals surface area contributed by atoms with E-state index < -0.39 is 12.7 Å². The minimum Gasteiger partial charge on any atom is -0.453 e. The Kier molecular flexibility index (Phi) is 6.35. The van der Waals surface area contributed by atoms with Crippen LogP contribution in [0.25, 0.3) is 16.9 Å². The second kappa shape index (κ2) is 9.53. The number of carbonyl (C=O) groups excluding carboxylic acids is 2. The number of anilines is 2. The summed E-state index contributed by atoms with van der Waals surface area (Å²) in [5, 5.41) is 2.48. The van der Waals surface area contributed by atoms with Crippen molar-refractivity contribution in [3.63, 3.8) is 0 Å². The Bertz CT molecular complexity index is 1320. The molecule has 174 valence electrons. The SMILES string of the molecule is COC(=O)Nc1ccc(-c2cnc3ccc(C(=O)N(C)c4ccc(OC(F)F)cc4)cn23)cn1. The molecule has 0 spiro atoms. The Morgan fingerprint density at radius 1 is 1.03 bits per heavy atom. The van der Waals surface area contributed by atoms with Crippen molar-refractivity contribution in [1.82, 2.24) is 14.4 Å². The monoisotopic (exact) mass is 467 g/mol. The lowest BCUT2D eigenvalue weighted by Gasteiger charge is -2.18. The maximum absolute atomic E-state index is 13.1. The third-order valence-electron chi connectivity index (χ3n) is 4.98. The molecule has 0 fully saturated rings. The largest absolute Gasteiger partial charge is 0.453 e. The number of carbonyl (C=O) groups is 2. The number of hydrogen-bond donors (Lipinski definition) is 1. The van der Waals surface area contributed by atoms with Crippen LogP contribution >= 0.6 is 0 Å². The van der Waals surface area contributed by atoms with Gasteiger partial charge < -0.3 is 14.4 Å². The van der Waals surface area contributed by atoms with Crippen molar-refractivity contribution in [2.45, 2.75) is 6.61 Å². The van der Waals surface area contributed by atoms with E-state index >= 15 is 0 Å². The van der Waals surface area contributed by atoms with Gasteiger partial charge in [0.1, 0.15) is 17.2 Å². The standard InChI is InChI=1S/C23H19F2N5O4/c1-29(16-5-7-17(8-6-16)34-22(24)25)21(31)15-4-10-20-27-12-18(30(20)13-15)14-3-9-19(26-11-14)28-23(32)33-2/h3-13,22H,1-2H3,(H,26,28,32). The van der Waals surface area contributed by atoms with Gasteiger partial charge in [0.2, 0.25) is 0 Å². The van der Waals surface area contributed by atoms with Crippen molar-refractivity contribution < 1.29 is 27.8 Å². The number of benzene rings is 1. The summed E-state index contributed by atoms with van der Waals surface area (Å²) < 4.78 is 35.3. The van der Waals surface area contributed by atoms with Crippen molar-refractivity contribution in [1.29, 1.82) is 0 Å². The molecule has 1 N–H and O–H groups in total. The zero-order chi connectivity index (χ0) is 24.2. The number of aromatic nitrogens is 3. The summed E-state index contributed by atoms with van der Waals surface area (Å²) in [5.74, 6) is 0.0252. The van der Waals surface area contributed by atoms with Gasteiger partial charge in [-0.15, -0.1) is 0 Å². The van der Waals surface area contributed by atoms with Crippen molar-refractivity contribution >= 4 is 29.2 Å². The first-order valence-corrected chi connectivity index (χ1v) is 9.97. The van der Waals surface area contributed by atoms with Gasteiger partial charge in [0.05, 0.1) is 24.6 Å². The van der Waals surface area contributed by atoms with Crippen molar-refractivity contribution in [3.8, 4) is 17.0 Å². The van der Waals surface area contributed by atoms with E-state index in [1.54, 1.807) is 54.3 Å². The molecular weight excluding hydrogens is 448 g/mol. The van der Waals surface area contributed by atoms with Crippen LogP contribution in [-0.2, 0) is 4.74 Å². The number of alkyl halides is 2. The lowest BCUT2D eigenvalue weighted by Crippen LogP contribution is -2.26. The zero-order valence-electron chi connectivity index (χ0n) is 18.1. The molecule has 0 unspecified atom stereocenters. The van der Waals surface area contributed by atoms with Gasteiger partial charge in [-0.3, -0.25) is 14.5 Å². The number of pyridine rings is 2. The summed E-state index contributed by atoms with van der Waals surface area (Å²) in [6, 6.07) is 12.5. The van der Waals surface area contributed by atoms with E-state index in [2.05, 4.69) is 24.8 Å². The highest BCUT2D eigenvalue weighted by molar-refractivity contribution is 6.05. The van der Waals surface area contributed by atoms with E-state index in [0.717, 1.165) is 5.56 Å². The first kappa shape index (κ1) is 22.6. The lowest BCUT2D eigenvalue weighted by atomic mass is 10.2. The average Bonchev–Trinajstić information content (AvgIpc) is 3.27. The predicted octanol–water partition coefficient (Wildman–Crippen LogP) is 4.45. The maximum atomic E-state index is 13.1. The molecule has 4 rings (SSSR count). The van der Waals surface area contributed by atoms with Crippen LogP contribution in [0.4, 0.5) is 25.1 Å². The zero-order valence-corrected chi connectivity index (χ0v) is 18.1. The molecule has 3 aromatic heterocycles. The van der Waals surface area contributed by atoms with Crippen LogP contribution in [0.3, 0.4) is 0 Å². The number of nitrogens with zero attached hydrogens (tertiary/aromatic N) is 4. The molecule has 0 radical (unpaired) electrons. The Morgan fingerprint density at radius 3 is 2.44 bits per heavy atom. The number of ether oxygens (including phenoxy) is 2. The molecule has 0 saturated carbocycles. The number of hydrogen-bond acceptors (Lipinski definition) is 6. The van der Waals surface area contributed by atoms with E-state index in [1.807, 2.05) is 0 Å². The highest BCUT2D eigenvalue weighted by atomic mass is 19.3. The van der Waals surface area contributed by atoms with E-state index in [0.29, 0.717) is 28.4 Å². The molecular formula is C23H19F2N5O4. The van der Waals surface area contributed by atoms with E-state index in [1.165, 1.54) is 36.3 Å². The fourth-order valence-electron chi connectivity index (χ4n) is 3.26. The molecule has 0 atom stereocenters. The molecule has 11 heteroatoms. The van der Waals surface area contributed by atoms with Crippen LogP contribution in [0, 0.1) is 0 Å². The van der Waals surface area contributed by atoms with Gasteiger partial charge in [-0.05, 0) is 48.5 Å². The third kappa shape index (κ3) is 4.77. The van der Waals surface area contributed by atoms with Crippen molar-refractivity contribution in [2.24, 2.45) is 0 Å². The topological polar surface area (TPSA) is 98.1 Å². The number of rotatable bonds is 6. The molecule has 0 aliphatic rings. The molecule has 0 bridgehead atoms. The minimum atomic E-state index is -2.92. The van der Waals surface area contributed by atoms with Gasteiger partial charge in [-0.25, -0.2) is 14.8 Å². The summed E-state index contributed by atoms with van der Waals surface area (Å²) >= 11 is 0. The van der Waals surface area contributed by atoms with Gasteiger partial charge in [-0.1, -0.05) is 0 Å². The summed E-state index contributed by atoms with van der Waals surface area (Å²) in [5.41, 5.74) is 2.93. The Balaban J connectivity index is 1.58. The summed E-state index contributed by atoms with van der Waals surface area (Å²) in [6.45, 7) is -2.92. The molecule has 2 amide bonds. The van der Waals surface area contributed by atoms with Crippen LogP contribution < -0.4 is 15.0 Å². The fourth-order valence-corrected chi connectivity index (χ4v) is 3.26. The Hall–Kier alpha value is -4.54. The van der Waals surface area contributed by atoms with Crippen LogP contribution in [0.15, 0.2) is 67.1 Å². The Morgan fingerprint density at radius 2 is 1.79 bits per heavy atom. The molecule has 0 aliphatic carbocycles. The number of amides is 2. The van der Waals surface area contributed by atoms with Gasteiger partial charge in [0.15, 0.2) is 0 Å². The molecule has 4 aromatic rings. The van der Waals surface area contributed by atoms with E-state index in [-0.39, 0.29) is 11.7 Å². The number of fused-ring (bicyclic) bond motifs is 1. The number of methoxy groups -OCH3 is 1. The molecule has 0 aliphatic heterocycles. The first-order chi connectivity index (χ1) is 16.4. The molecule has 0 saturated heterocycles. The quantitative estimate of drug-likeness (QED) is 0.450. The number of halogens is 2. The lowest BCUT2D eigenvalue weighted by molar-refractivity contribution is -0.0498. The fraction of sp³-hybridized carbons (Fsp3) is 0.130. The number of nitrogens with one attached hydrogen (secondary N) is 1. The normalized spacial score (nSPS) is 10.9. The summed E-state index contributed by atoms with van der Waals surface area (Å²) in [4.78, 5) is 34.4. The smallest absolute Gasteiger partial charge is 0.412 e. The summed E-state index contributed by atoms with van der Waals surface area (Å²) in [6.07, 6.45) is 4.25. The van der Waals surface area contributed by atoms with Crippen molar-refractivity contribution in [2.75, 3.05) is 24.4 Å². The van der Waals surface area contributed by atoms with E-state index in [9.17, 15) is 18.4 Å². The molecule has 3 heterocycles. The molecule has 9 nitrogen and oxygen atoms in total. The van der Waals surface area contributed by atoms with Crippen molar-refractivity contribution in [3.05, 3.63) is 72.7 Å². The highest BCUT2D eigenvalue weighted by Crippen LogP contribution is 2.24. The summed E-state index contributed by atoms with van der Waals surface area (Å²) in [7, 11) is 2.84.